The van der Waals surface area contributed by atoms with E-state index in [1.807, 2.05) is 18.7 Å². The number of hydrogen-bond donors (Lipinski definition) is 0. The van der Waals surface area contributed by atoms with E-state index < -0.39 is 0 Å². The van der Waals surface area contributed by atoms with E-state index in [2.05, 4.69) is 61.5 Å². The van der Waals surface area contributed by atoms with Crippen LogP contribution in [0.1, 0.15) is 38.8 Å². The highest BCUT2D eigenvalue weighted by molar-refractivity contribution is 5.27. The molecule has 0 aliphatic carbocycles. The first-order valence-electron chi connectivity index (χ1n) is 7.00. The van der Waals surface area contributed by atoms with Gasteiger partial charge in [0.05, 0.1) is 6.33 Å². The number of aromatic nitrogens is 2. The quantitative estimate of drug-likeness (QED) is 0.806. The molecule has 2 nitrogen and oxygen atoms in total. The lowest BCUT2D eigenvalue weighted by Gasteiger charge is -2.19. The molecular formula is C17H24N2. The van der Waals surface area contributed by atoms with Crippen LogP contribution < -0.4 is 0 Å². The van der Waals surface area contributed by atoms with Gasteiger partial charge in [0.2, 0.25) is 0 Å². The van der Waals surface area contributed by atoms with Crippen molar-refractivity contribution in [2.45, 2.75) is 46.1 Å². The molecule has 102 valence electrons. The standard InChI is InChI=1S/C17H24N2/c1-14(12-19-10-9-18-13-19)11-15-5-7-16(8-6-15)17(2,3)4/h5-10,13-14H,11-12H2,1-4H3. The van der Waals surface area contributed by atoms with Crippen molar-refractivity contribution < 1.29 is 0 Å². The van der Waals surface area contributed by atoms with Crippen LogP contribution in [0.25, 0.3) is 0 Å². The largest absolute Gasteiger partial charge is 0.337 e. The van der Waals surface area contributed by atoms with E-state index >= 15 is 0 Å². The minimum Gasteiger partial charge on any atom is -0.337 e. The fraction of sp³-hybridized carbons (Fsp3) is 0.471. The first-order valence-corrected chi connectivity index (χ1v) is 7.00. The van der Waals surface area contributed by atoms with Crippen LogP contribution in [-0.4, -0.2) is 9.55 Å². The molecule has 1 heterocycles. The summed E-state index contributed by atoms with van der Waals surface area (Å²) in [6.07, 6.45) is 6.87. The lowest BCUT2D eigenvalue weighted by Crippen LogP contribution is -2.12. The van der Waals surface area contributed by atoms with Gasteiger partial charge in [-0.05, 0) is 28.9 Å². The normalized spacial score (nSPS) is 13.5. The van der Waals surface area contributed by atoms with E-state index in [9.17, 15) is 0 Å². The van der Waals surface area contributed by atoms with Gasteiger partial charge < -0.3 is 4.57 Å². The molecule has 0 aliphatic rings. The van der Waals surface area contributed by atoms with E-state index in [-0.39, 0.29) is 5.41 Å². The minimum absolute atomic E-state index is 0.237. The van der Waals surface area contributed by atoms with E-state index in [1.54, 1.807) is 0 Å². The molecule has 1 atom stereocenters. The van der Waals surface area contributed by atoms with Crippen LogP contribution in [-0.2, 0) is 18.4 Å². The molecule has 2 heteroatoms. The Labute approximate surface area is 116 Å². The number of nitrogens with zero attached hydrogens (tertiary/aromatic N) is 2. The van der Waals surface area contributed by atoms with Gasteiger partial charge in [-0.2, -0.15) is 0 Å². The highest BCUT2D eigenvalue weighted by Gasteiger charge is 2.13. The number of benzene rings is 1. The fourth-order valence-corrected chi connectivity index (χ4v) is 2.36. The van der Waals surface area contributed by atoms with Gasteiger partial charge in [-0.15, -0.1) is 0 Å². The lowest BCUT2D eigenvalue weighted by atomic mass is 9.86. The highest BCUT2D eigenvalue weighted by Crippen LogP contribution is 2.23. The van der Waals surface area contributed by atoms with Gasteiger partial charge in [-0.25, -0.2) is 4.98 Å². The van der Waals surface area contributed by atoms with Crippen LogP contribution in [0.2, 0.25) is 0 Å². The molecule has 0 radical (unpaired) electrons. The predicted molar refractivity (Wildman–Crippen MR) is 80.2 cm³/mol. The number of imidazole rings is 1. The fourth-order valence-electron chi connectivity index (χ4n) is 2.36. The maximum atomic E-state index is 4.08. The monoisotopic (exact) mass is 256 g/mol. The zero-order valence-corrected chi connectivity index (χ0v) is 12.4. The third-order valence-electron chi connectivity index (χ3n) is 3.49. The molecule has 2 aromatic rings. The molecule has 0 N–H and O–H groups in total. The summed E-state index contributed by atoms with van der Waals surface area (Å²) in [6, 6.07) is 9.06. The lowest BCUT2D eigenvalue weighted by molar-refractivity contribution is 0.479. The van der Waals surface area contributed by atoms with Gasteiger partial charge in [0, 0.05) is 18.9 Å². The summed E-state index contributed by atoms with van der Waals surface area (Å²) in [5.74, 6) is 0.620. The van der Waals surface area contributed by atoms with Crippen molar-refractivity contribution in [3.63, 3.8) is 0 Å². The second kappa shape index (κ2) is 5.60. The van der Waals surface area contributed by atoms with Gasteiger partial charge in [0.1, 0.15) is 0 Å². The molecule has 0 aliphatic heterocycles. The van der Waals surface area contributed by atoms with Crippen molar-refractivity contribution in [1.82, 2.24) is 9.55 Å². The molecular weight excluding hydrogens is 232 g/mol. The smallest absolute Gasteiger partial charge is 0.0945 e. The molecule has 1 unspecified atom stereocenters. The Morgan fingerprint density at radius 3 is 2.37 bits per heavy atom. The first-order chi connectivity index (χ1) is 8.95. The average molecular weight is 256 g/mol. The molecule has 1 aromatic carbocycles. The topological polar surface area (TPSA) is 17.8 Å². The highest BCUT2D eigenvalue weighted by atomic mass is 15.0. The van der Waals surface area contributed by atoms with Crippen molar-refractivity contribution in [2.24, 2.45) is 5.92 Å². The van der Waals surface area contributed by atoms with E-state index in [0.29, 0.717) is 5.92 Å². The summed E-state index contributed by atoms with van der Waals surface area (Å²) in [7, 11) is 0. The molecule has 19 heavy (non-hydrogen) atoms. The zero-order chi connectivity index (χ0) is 13.9. The third-order valence-corrected chi connectivity index (χ3v) is 3.49. The summed E-state index contributed by atoms with van der Waals surface area (Å²) in [4.78, 5) is 4.08. The van der Waals surface area contributed by atoms with Crippen molar-refractivity contribution in [1.29, 1.82) is 0 Å². The predicted octanol–water partition coefficient (Wildman–Crippen LogP) is 4.06. The Hall–Kier alpha value is -1.57. The van der Waals surface area contributed by atoms with Gasteiger partial charge >= 0.3 is 0 Å². The summed E-state index contributed by atoms with van der Waals surface area (Å²) in [5.41, 5.74) is 3.06. The number of hydrogen-bond acceptors (Lipinski definition) is 1. The second-order valence-corrected chi connectivity index (χ2v) is 6.52. The van der Waals surface area contributed by atoms with Crippen LogP contribution in [0.15, 0.2) is 43.0 Å². The summed E-state index contributed by atoms with van der Waals surface area (Å²) < 4.78 is 2.15. The molecule has 0 saturated carbocycles. The van der Waals surface area contributed by atoms with E-state index in [4.69, 9.17) is 0 Å². The van der Waals surface area contributed by atoms with E-state index in [0.717, 1.165) is 13.0 Å². The Kier molecular flexibility index (Phi) is 4.08. The Morgan fingerprint density at radius 2 is 1.84 bits per heavy atom. The molecule has 2 rings (SSSR count). The van der Waals surface area contributed by atoms with Gasteiger partial charge in [-0.3, -0.25) is 0 Å². The summed E-state index contributed by atoms with van der Waals surface area (Å²) in [6.45, 7) is 10.1. The van der Waals surface area contributed by atoms with Crippen molar-refractivity contribution in [3.8, 4) is 0 Å². The van der Waals surface area contributed by atoms with Gasteiger partial charge in [-0.1, -0.05) is 52.0 Å². The Balaban J connectivity index is 1.96. The van der Waals surface area contributed by atoms with Gasteiger partial charge in [0.15, 0.2) is 0 Å². The van der Waals surface area contributed by atoms with Crippen LogP contribution in [0, 0.1) is 5.92 Å². The molecule has 0 spiro atoms. The minimum atomic E-state index is 0.237. The van der Waals surface area contributed by atoms with Gasteiger partial charge in [0.25, 0.3) is 0 Å². The molecule has 0 bridgehead atoms. The molecule has 0 fully saturated rings. The van der Waals surface area contributed by atoms with Crippen LogP contribution in [0.5, 0.6) is 0 Å². The van der Waals surface area contributed by atoms with Crippen molar-refractivity contribution in [3.05, 3.63) is 54.1 Å². The zero-order valence-electron chi connectivity index (χ0n) is 12.4. The van der Waals surface area contributed by atoms with E-state index in [1.165, 1.54) is 11.1 Å². The maximum absolute atomic E-state index is 4.08. The molecule has 1 aromatic heterocycles. The first kappa shape index (κ1) is 13.9. The third kappa shape index (κ3) is 3.95. The summed E-state index contributed by atoms with van der Waals surface area (Å²) >= 11 is 0. The van der Waals surface area contributed by atoms with Crippen LogP contribution in [0.4, 0.5) is 0 Å². The molecule has 0 amide bonds. The van der Waals surface area contributed by atoms with Crippen molar-refractivity contribution >= 4 is 0 Å². The SMILES string of the molecule is CC(Cc1ccc(C(C)(C)C)cc1)Cn1ccnc1. The molecule has 0 saturated heterocycles. The van der Waals surface area contributed by atoms with Crippen LogP contribution in [0.3, 0.4) is 0 Å². The maximum Gasteiger partial charge on any atom is 0.0945 e. The Morgan fingerprint density at radius 1 is 1.16 bits per heavy atom. The van der Waals surface area contributed by atoms with Crippen LogP contribution >= 0.6 is 0 Å². The second-order valence-electron chi connectivity index (χ2n) is 6.52. The van der Waals surface area contributed by atoms with Crippen molar-refractivity contribution in [2.75, 3.05) is 0 Å². The summed E-state index contributed by atoms with van der Waals surface area (Å²) in [5, 5.41) is 0. The Bertz CT molecular complexity index is 489. The number of rotatable bonds is 4. The average Bonchev–Trinajstić information content (AvgIpc) is 2.81.